The highest BCUT2D eigenvalue weighted by molar-refractivity contribution is 7.18. The van der Waals surface area contributed by atoms with Crippen molar-refractivity contribution in [3.05, 3.63) is 47.5 Å². The summed E-state index contributed by atoms with van der Waals surface area (Å²) >= 11 is 1.71. The van der Waals surface area contributed by atoms with Crippen LogP contribution in [0.3, 0.4) is 0 Å². The van der Waals surface area contributed by atoms with E-state index in [4.69, 9.17) is 0 Å². The lowest BCUT2D eigenvalue weighted by Crippen LogP contribution is -2.08. The molecule has 1 N–H and O–H groups in total. The molecule has 0 fully saturated rings. The molecule has 0 aliphatic rings. The summed E-state index contributed by atoms with van der Waals surface area (Å²) in [5.74, 6) is 0. The Hall–Kier alpha value is -2.01. The molecule has 1 aromatic carbocycles. The number of nitrogens with one attached hydrogen (secondary N) is 1. The van der Waals surface area contributed by atoms with Gasteiger partial charge in [0.05, 0.1) is 33.2 Å². The summed E-state index contributed by atoms with van der Waals surface area (Å²) in [7, 11) is 0. The molecule has 19 heavy (non-hydrogen) atoms. The molecule has 1 atom stereocenters. The fraction of sp³-hybridized carbons (Fsp3) is 0.214. The molecule has 5 heteroatoms. The number of fused-ring (bicyclic) bond motifs is 1. The number of rotatable bonds is 3. The van der Waals surface area contributed by atoms with Crippen LogP contribution < -0.4 is 5.32 Å². The predicted octanol–water partition coefficient (Wildman–Crippen LogP) is 3.57. The normalized spacial score (nSPS) is 12.5. The number of anilines is 1. The molecule has 0 saturated carbocycles. The summed E-state index contributed by atoms with van der Waals surface area (Å²) in [6.07, 6.45) is 5.18. The molecule has 0 aliphatic heterocycles. The molecular formula is C14H14N4S. The topological polar surface area (TPSA) is 50.7 Å². The summed E-state index contributed by atoms with van der Waals surface area (Å²) in [5, 5.41) is 4.53. The van der Waals surface area contributed by atoms with Crippen molar-refractivity contribution in [2.45, 2.75) is 19.9 Å². The van der Waals surface area contributed by atoms with Gasteiger partial charge in [0.15, 0.2) is 0 Å². The van der Waals surface area contributed by atoms with Gasteiger partial charge in [-0.2, -0.15) is 0 Å². The highest BCUT2D eigenvalue weighted by atomic mass is 32.1. The Morgan fingerprint density at radius 2 is 2.16 bits per heavy atom. The Morgan fingerprint density at radius 3 is 2.95 bits per heavy atom. The largest absolute Gasteiger partial charge is 0.377 e. The van der Waals surface area contributed by atoms with E-state index in [1.54, 1.807) is 29.9 Å². The van der Waals surface area contributed by atoms with Crippen LogP contribution in [0.25, 0.3) is 10.2 Å². The quantitative estimate of drug-likeness (QED) is 0.790. The SMILES string of the molecule is Cc1nc2ccc(NC(C)c3cnccn3)cc2s1. The van der Waals surface area contributed by atoms with Crippen LogP contribution in [0.2, 0.25) is 0 Å². The standard InChI is InChI=1S/C14H14N4S/c1-9(13-8-15-5-6-16-13)17-11-3-4-12-14(7-11)19-10(2)18-12/h3-9,17H,1-2H3. The zero-order valence-corrected chi connectivity index (χ0v) is 11.6. The Labute approximate surface area is 115 Å². The zero-order chi connectivity index (χ0) is 13.2. The second-order valence-electron chi connectivity index (χ2n) is 4.41. The minimum atomic E-state index is 0.125. The average molecular weight is 270 g/mol. The van der Waals surface area contributed by atoms with Crippen molar-refractivity contribution in [3.63, 3.8) is 0 Å². The van der Waals surface area contributed by atoms with Crippen LogP contribution in [0, 0.1) is 6.92 Å². The Bertz CT molecular complexity index is 693. The third-order valence-electron chi connectivity index (χ3n) is 2.91. The van der Waals surface area contributed by atoms with Gasteiger partial charge in [0, 0.05) is 18.1 Å². The van der Waals surface area contributed by atoms with Crippen molar-refractivity contribution in [3.8, 4) is 0 Å². The maximum atomic E-state index is 4.46. The first-order chi connectivity index (χ1) is 9.22. The molecule has 1 unspecified atom stereocenters. The molecule has 0 bridgehead atoms. The van der Waals surface area contributed by atoms with E-state index in [9.17, 15) is 0 Å². The van der Waals surface area contributed by atoms with Crippen LogP contribution in [0.15, 0.2) is 36.8 Å². The highest BCUT2D eigenvalue weighted by Crippen LogP contribution is 2.26. The molecule has 3 rings (SSSR count). The molecule has 0 radical (unpaired) electrons. The summed E-state index contributed by atoms with van der Waals surface area (Å²) < 4.78 is 1.20. The third kappa shape index (κ3) is 2.56. The third-order valence-corrected chi connectivity index (χ3v) is 3.84. The van der Waals surface area contributed by atoms with Gasteiger partial charge in [0.2, 0.25) is 0 Å². The summed E-state index contributed by atoms with van der Waals surface area (Å²) in [6, 6.07) is 6.35. The number of hydrogen-bond donors (Lipinski definition) is 1. The van der Waals surface area contributed by atoms with Crippen molar-refractivity contribution in [2.24, 2.45) is 0 Å². The molecule has 0 aliphatic carbocycles. The maximum absolute atomic E-state index is 4.46. The van der Waals surface area contributed by atoms with Crippen molar-refractivity contribution in [1.29, 1.82) is 0 Å². The van der Waals surface area contributed by atoms with Crippen LogP contribution in [0.4, 0.5) is 5.69 Å². The smallest absolute Gasteiger partial charge is 0.0907 e. The van der Waals surface area contributed by atoms with E-state index in [0.29, 0.717) is 0 Å². The van der Waals surface area contributed by atoms with Gasteiger partial charge in [0.25, 0.3) is 0 Å². The Balaban J connectivity index is 1.85. The van der Waals surface area contributed by atoms with Gasteiger partial charge in [-0.05, 0) is 32.0 Å². The number of hydrogen-bond acceptors (Lipinski definition) is 5. The minimum Gasteiger partial charge on any atom is -0.377 e. The molecule has 3 aromatic rings. The van der Waals surface area contributed by atoms with Crippen molar-refractivity contribution < 1.29 is 0 Å². The first kappa shape index (κ1) is 12.0. The number of thiazole rings is 1. The summed E-state index contributed by atoms with van der Waals surface area (Å²) in [5.41, 5.74) is 3.07. The molecule has 0 saturated heterocycles. The van der Waals surface area contributed by atoms with Crippen molar-refractivity contribution in [1.82, 2.24) is 15.0 Å². The summed E-state index contributed by atoms with van der Waals surface area (Å²) in [6.45, 7) is 4.10. The second-order valence-corrected chi connectivity index (χ2v) is 5.65. The van der Waals surface area contributed by atoms with E-state index in [1.165, 1.54) is 4.70 Å². The summed E-state index contributed by atoms with van der Waals surface area (Å²) in [4.78, 5) is 12.9. The van der Waals surface area contributed by atoms with Gasteiger partial charge in [-0.1, -0.05) is 0 Å². The number of aryl methyl sites for hydroxylation is 1. The lowest BCUT2D eigenvalue weighted by molar-refractivity contribution is 0.828. The van der Waals surface area contributed by atoms with Gasteiger partial charge in [-0.15, -0.1) is 11.3 Å². The van der Waals surface area contributed by atoms with Crippen LogP contribution in [-0.2, 0) is 0 Å². The highest BCUT2D eigenvalue weighted by Gasteiger charge is 2.08. The van der Waals surface area contributed by atoms with Crippen LogP contribution in [0.5, 0.6) is 0 Å². The predicted molar refractivity (Wildman–Crippen MR) is 78.4 cm³/mol. The fourth-order valence-corrected chi connectivity index (χ4v) is 2.85. The van der Waals surface area contributed by atoms with E-state index in [1.807, 2.05) is 19.1 Å². The van der Waals surface area contributed by atoms with Gasteiger partial charge in [-0.3, -0.25) is 9.97 Å². The van der Waals surface area contributed by atoms with Crippen molar-refractivity contribution >= 4 is 27.2 Å². The molecule has 4 nitrogen and oxygen atoms in total. The van der Waals surface area contributed by atoms with E-state index >= 15 is 0 Å². The van der Waals surface area contributed by atoms with Crippen molar-refractivity contribution in [2.75, 3.05) is 5.32 Å². The van der Waals surface area contributed by atoms with Crippen LogP contribution in [0.1, 0.15) is 23.7 Å². The first-order valence-electron chi connectivity index (χ1n) is 6.12. The maximum Gasteiger partial charge on any atom is 0.0907 e. The number of benzene rings is 1. The van der Waals surface area contributed by atoms with E-state index in [0.717, 1.165) is 21.9 Å². The Morgan fingerprint density at radius 1 is 1.26 bits per heavy atom. The van der Waals surface area contributed by atoms with Gasteiger partial charge in [-0.25, -0.2) is 4.98 Å². The zero-order valence-electron chi connectivity index (χ0n) is 10.8. The lowest BCUT2D eigenvalue weighted by Gasteiger charge is -2.14. The van der Waals surface area contributed by atoms with Crippen LogP contribution >= 0.6 is 11.3 Å². The minimum absolute atomic E-state index is 0.125. The molecule has 0 spiro atoms. The monoisotopic (exact) mass is 270 g/mol. The lowest BCUT2D eigenvalue weighted by atomic mass is 10.2. The van der Waals surface area contributed by atoms with Gasteiger partial charge < -0.3 is 5.32 Å². The molecule has 2 aromatic heterocycles. The molecule has 2 heterocycles. The number of aromatic nitrogens is 3. The molecular weight excluding hydrogens is 256 g/mol. The fourth-order valence-electron chi connectivity index (χ4n) is 1.99. The van der Waals surface area contributed by atoms with Gasteiger partial charge >= 0.3 is 0 Å². The number of nitrogens with zero attached hydrogens (tertiary/aromatic N) is 3. The van der Waals surface area contributed by atoms with E-state index < -0.39 is 0 Å². The van der Waals surface area contributed by atoms with Crippen LogP contribution in [-0.4, -0.2) is 15.0 Å². The first-order valence-corrected chi connectivity index (χ1v) is 6.93. The Kier molecular flexibility index (Phi) is 3.13. The van der Waals surface area contributed by atoms with Gasteiger partial charge in [0.1, 0.15) is 0 Å². The van der Waals surface area contributed by atoms with E-state index in [2.05, 4.69) is 33.3 Å². The average Bonchev–Trinajstić information content (AvgIpc) is 2.79. The van der Waals surface area contributed by atoms with E-state index in [-0.39, 0.29) is 6.04 Å². The molecule has 96 valence electrons. The second kappa shape index (κ2) is 4.93. The molecule has 0 amide bonds.